The molecule has 0 saturated heterocycles. The van der Waals surface area contributed by atoms with Crippen molar-refractivity contribution in [2.75, 3.05) is 0 Å². The second-order valence-electron chi connectivity index (χ2n) is 9.08. The number of rotatable bonds is 4. The topological polar surface area (TPSA) is 14.2 Å². The molecule has 0 saturated carbocycles. The molecule has 6 rings (SSSR count). The molecule has 166 valence electrons. The number of hydrogen-bond donors (Lipinski definition) is 0. The quantitative estimate of drug-likeness (QED) is 0.276. The van der Waals surface area contributed by atoms with Crippen LogP contribution in [-0.2, 0) is 6.54 Å². The Morgan fingerprint density at radius 3 is 2.09 bits per heavy atom. The molecule has 0 amide bonds. The van der Waals surface area contributed by atoms with Gasteiger partial charge >= 0.3 is 0 Å². The standard InChI is InChI=1S/C32H27NO/c1-22-17-19-26(20-18-22)32-31-29(27-15-9-10-16-28(27)34-32)23(2)30(25-13-7-4-8-14-25)33(31)21-24-11-5-3-6-12-24/h3-20,32H,21H2,1-2H3. The third-order valence-corrected chi connectivity index (χ3v) is 6.81. The van der Waals surface area contributed by atoms with E-state index in [9.17, 15) is 0 Å². The van der Waals surface area contributed by atoms with Crippen molar-refractivity contribution in [1.82, 2.24) is 4.57 Å². The largest absolute Gasteiger partial charge is 0.479 e. The first kappa shape index (κ1) is 20.6. The molecule has 1 aliphatic heterocycles. The number of para-hydroxylation sites is 1. The Hall–Kier alpha value is -4.04. The molecule has 0 radical (unpaired) electrons. The molecular formula is C32H27NO. The minimum Gasteiger partial charge on any atom is -0.479 e. The van der Waals surface area contributed by atoms with Crippen molar-refractivity contribution in [3.63, 3.8) is 0 Å². The summed E-state index contributed by atoms with van der Waals surface area (Å²) in [5.41, 5.74) is 11.2. The number of hydrogen-bond acceptors (Lipinski definition) is 1. The molecular weight excluding hydrogens is 414 g/mol. The molecule has 0 N–H and O–H groups in total. The number of fused-ring (bicyclic) bond motifs is 3. The smallest absolute Gasteiger partial charge is 0.164 e. The van der Waals surface area contributed by atoms with Crippen LogP contribution in [-0.4, -0.2) is 4.57 Å². The first-order valence-corrected chi connectivity index (χ1v) is 11.9. The molecule has 0 spiro atoms. The summed E-state index contributed by atoms with van der Waals surface area (Å²) < 4.78 is 9.23. The van der Waals surface area contributed by atoms with Gasteiger partial charge in [0.25, 0.3) is 0 Å². The first-order valence-electron chi connectivity index (χ1n) is 11.9. The van der Waals surface area contributed by atoms with Crippen molar-refractivity contribution >= 4 is 0 Å². The summed E-state index contributed by atoms with van der Waals surface area (Å²) in [6.07, 6.45) is -0.176. The van der Waals surface area contributed by atoms with E-state index in [1.54, 1.807) is 0 Å². The fraction of sp³-hybridized carbons (Fsp3) is 0.125. The highest BCUT2D eigenvalue weighted by Crippen LogP contribution is 2.50. The van der Waals surface area contributed by atoms with Gasteiger partial charge in [0, 0.05) is 17.7 Å². The van der Waals surface area contributed by atoms with Gasteiger partial charge in [-0.2, -0.15) is 0 Å². The van der Waals surface area contributed by atoms with Crippen LogP contribution in [0.3, 0.4) is 0 Å². The highest BCUT2D eigenvalue weighted by atomic mass is 16.5. The minimum atomic E-state index is -0.176. The summed E-state index contributed by atoms with van der Waals surface area (Å²) in [7, 11) is 0. The van der Waals surface area contributed by atoms with Crippen molar-refractivity contribution in [2.45, 2.75) is 26.5 Å². The van der Waals surface area contributed by atoms with Gasteiger partial charge in [-0.25, -0.2) is 0 Å². The summed E-state index contributed by atoms with van der Waals surface area (Å²) >= 11 is 0. The zero-order chi connectivity index (χ0) is 23.1. The Morgan fingerprint density at radius 1 is 0.706 bits per heavy atom. The van der Waals surface area contributed by atoms with Crippen LogP contribution in [0.2, 0.25) is 0 Å². The van der Waals surface area contributed by atoms with Crippen LogP contribution in [0.15, 0.2) is 109 Å². The molecule has 1 aliphatic rings. The van der Waals surface area contributed by atoms with Crippen LogP contribution in [0.1, 0.15) is 34.1 Å². The molecule has 2 nitrogen and oxygen atoms in total. The van der Waals surface area contributed by atoms with E-state index in [1.807, 2.05) is 0 Å². The highest BCUT2D eigenvalue weighted by Gasteiger charge is 2.35. The Morgan fingerprint density at radius 2 is 1.35 bits per heavy atom. The zero-order valence-electron chi connectivity index (χ0n) is 19.5. The molecule has 4 aromatic carbocycles. The second kappa shape index (κ2) is 8.39. The van der Waals surface area contributed by atoms with Gasteiger partial charge in [-0.05, 0) is 42.2 Å². The van der Waals surface area contributed by atoms with E-state index in [2.05, 4.69) is 128 Å². The summed E-state index contributed by atoms with van der Waals surface area (Å²) in [6.45, 7) is 5.17. The van der Waals surface area contributed by atoms with Gasteiger partial charge in [0.05, 0.1) is 11.4 Å². The molecule has 1 unspecified atom stereocenters. The maximum atomic E-state index is 6.75. The van der Waals surface area contributed by atoms with Crippen LogP contribution in [0.4, 0.5) is 0 Å². The summed E-state index contributed by atoms with van der Waals surface area (Å²) in [5, 5.41) is 0. The fourth-order valence-electron chi connectivity index (χ4n) is 5.21. The Kier molecular flexibility index (Phi) is 5.07. The number of aryl methyl sites for hydroxylation is 1. The molecule has 0 aliphatic carbocycles. The van der Waals surface area contributed by atoms with E-state index in [1.165, 1.54) is 50.3 Å². The van der Waals surface area contributed by atoms with Crippen LogP contribution < -0.4 is 4.74 Å². The van der Waals surface area contributed by atoms with Crippen molar-refractivity contribution in [3.05, 3.63) is 137 Å². The minimum absolute atomic E-state index is 0.176. The third kappa shape index (κ3) is 3.43. The van der Waals surface area contributed by atoms with Gasteiger partial charge in [0.2, 0.25) is 0 Å². The zero-order valence-corrected chi connectivity index (χ0v) is 19.5. The maximum absolute atomic E-state index is 6.75. The molecule has 2 heterocycles. The Bertz CT molecular complexity index is 1450. The van der Waals surface area contributed by atoms with Gasteiger partial charge in [-0.1, -0.05) is 109 Å². The highest BCUT2D eigenvalue weighted by molar-refractivity contribution is 5.85. The lowest BCUT2D eigenvalue weighted by molar-refractivity contribution is 0.234. The van der Waals surface area contributed by atoms with E-state index in [-0.39, 0.29) is 6.10 Å². The lowest BCUT2D eigenvalue weighted by atomic mass is 9.92. The molecule has 2 heteroatoms. The fourth-order valence-corrected chi connectivity index (χ4v) is 5.21. The Labute approximate surface area is 201 Å². The molecule has 0 bridgehead atoms. The first-order chi connectivity index (χ1) is 16.7. The predicted octanol–water partition coefficient (Wildman–Crippen LogP) is 7.97. The number of ether oxygens (including phenoxy) is 1. The number of aromatic nitrogens is 1. The van der Waals surface area contributed by atoms with Crippen LogP contribution in [0.5, 0.6) is 5.75 Å². The summed E-state index contributed by atoms with van der Waals surface area (Å²) in [4.78, 5) is 0. The van der Waals surface area contributed by atoms with E-state index >= 15 is 0 Å². The molecule has 0 fully saturated rings. The van der Waals surface area contributed by atoms with Gasteiger partial charge in [0.15, 0.2) is 6.10 Å². The number of nitrogens with zero attached hydrogens (tertiary/aromatic N) is 1. The summed E-state index contributed by atoms with van der Waals surface area (Å²) in [6, 6.07) is 38.7. The SMILES string of the molecule is Cc1ccc(C2Oc3ccccc3-c3c(C)c(-c4ccccc4)n(Cc4ccccc4)c32)cc1. The monoisotopic (exact) mass is 441 g/mol. The van der Waals surface area contributed by atoms with Crippen LogP contribution in [0, 0.1) is 13.8 Å². The van der Waals surface area contributed by atoms with E-state index < -0.39 is 0 Å². The van der Waals surface area contributed by atoms with E-state index in [4.69, 9.17) is 4.74 Å². The normalized spacial score (nSPS) is 14.2. The van der Waals surface area contributed by atoms with Crippen molar-refractivity contribution in [1.29, 1.82) is 0 Å². The predicted molar refractivity (Wildman–Crippen MR) is 139 cm³/mol. The van der Waals surface area contributed by atoms with E-state index in [0.29, 0.717) is 0 Å². The summed E-state index contributed by atoms with van der Waals surface area (Å²) in [5.74, 6) is 0.945. The number of benzene rings is 4. The van der Waals surface area contributed by atoms with Crippen LogP contribution in [0.25, 0.3) is 22.4 Å². The van der Waals surface area contributed by atoms with Crippen LogP contribution >= 0.6 is 0 Å². The van der Waals surface area contributed by atoms with E-state index in [0.717, 1.165) is 12.3 Å². The van der Waals surface area contributed by atoms with Gasteiger partial charge in [-0.3, -0.25) is 0 Å². The van der Waals surface area contributed by atoms with Gasteiger partial charge in [-0.15, -0.1) is 0 Å². The van der Waals surface area contributed by atoms with Gasteiger partial charge in [0.1, 0.15) is 5.75 Å². The molecule has 5 aromatic rings. The van der Waals surface area contributed by atoms with Gasteiger partial charge < -0.3 is 9.30 Å². The maximum Gasteiger partial charge on any atom is 0.164 e. The Balaban J connectivity index is 1.67. The second-order valence-corrected chi connectivity index (χ2v) is 9.08. The lowest BCUT2D eigenvalue weighted by Crippen LogP contribution is -2.20. The molecule has 1 atom stereocenters. The lowest BCUT2D eigenvalue weighted by Gasteiger charge is -2.29. The van der Waals surface area contributed by atoms with Crippen molar-refractivity contribution in [3.8, 4) is 28.1 Å². The molecule has 34 heavy (non-hydrogen) atoms. The molecule has 1 aromatic heterocycles. The third-order valence-electron chi connectivity index (χ3n) is 6.81. The average Bonchev–Trinajstić information content (AvgIpc) is 3.17. The van der Waals surface area contributed by atoms with Crippen molar-refractivity contribution < 1.29 is 4.74 Å². The van der Waals surface area contributed by atoms with Crippen molar-refractivity contribution in [2.24, 2.45) is 0 Å². The average molecular weight is 442 g/mol.